The maximum Gasteiger partial charge on any atom is 0.220 e. The van der Waals surface area contributed by atoms with Crippen molar-refractivity contribution >= 4 is 15.7 Å². The fraction of sp³-hybridized carbons (Fsp3) is 0.550. The van der Waals surface area contributed by atoms with E-state index in [-0.39, 0.29) is 35.2 Å². The van der Waals surface area contributed by atoms with Gasteiger partial charge in [-0.05, 0) is 57.9 Å². The Labute approximate surface area is 167 Å². The highest BCUT2D eigenvalue weighted by Gasteiger charge is 2.15. The maximum atomic E-state index is 12.4. The molecule has 0 heterocycles. The van der Waals surface area contributed by atoms with Crippen LogP contribution in [-0.2, 0) is 14.6 Å². The van der Waals surface area contributed by atoms with Crippen molar-refractivity contribution in [3.8, 4) is 5.75 Å². The Bertz CT molecular complexity index is 753. The van der Waals surface area contributed by atoms with Gasteiger partial charge in [0, 0.05) is 24.1 Å². The van der Waals surface area contributed by atoms with E-state index in [2.05, 4.69) is 5.32 Å². The van der Waals surface area contributed by atoms with Gasteiger partial charge in [-0.1, -0.05) is 6.42 Å². The molecule has 0 aromatic heterocycles. The van der Waals surface area contributed by atoms with Crippen molar-refractivity contribution in [3.63, 3.8) is 0 Å². The van der Waals surface area contributed by atoms with Gasteiger partial charge >= 0.3 is 0 Å². The molecule has 0 aliphatic rings. The number of amides is 1. The van der Waals surface area contributed by atoms with Crippen molar-refractivity contribution < 1.29 is 22.3 Å². The summed E-state index contributed by atoms with van der Waals surface area (Å²) in [5.74, 6) is 0.443. The lowest BCUT2D eigenvalue weighted by Crippen LogP contribution is -2.40. The largest absolute Gasteiger partial charge is 0.489 e. The molecule has 1 amide bonds. The summed E-state index contributed by atoms with van der Waals surface area (Å²) in [5.41, 5.74) is 5.40. The minimum absolute atomic E-state index is 0.0158. The molecule has 8 heteroatoms. The third kappa shape index (κ3) is 9.32. The first kappa shape index (κ1) is 24.1. The van der Waals surface area contributed by atoms with Crippen LogP contribution in [0.4, 0.5) is 4.39 Å². The molecule has 0 aliphatic carbocycles. The topological polar surface area (TPSA) is 98.5 Å². The van der Waals surface area contributed by atoms with Crippen LogP contribution in [-0.4, -0.2) is 38.8 Å². The summed E-state index contributed by atoms with van der Waals surface area (Å²) in [5, 5.41) is 2.88. The van der Waals surface area contributed by atoms with Gasteiger partial charge in [0.05, 0.1) is 17.0 Å². The van der Waals surface area contributed by atoms with Crippen LogP contribution >= 0.6 is 0 Å². The van der Waals surface area contributed by atoms with Gasteiger partial charge in [0.2, 0.25) is 5.91 Å². The first-order valence-electron chi connectivity index (χ1n) is 9.32. The van der Waals surface area contributed by atoms with Crippen LogP contribution in [0.5, 0.6) is 5.75 Å². The van der Waals surface area contributed by atoms with E-state index in [9.17, 15) is 17.6 Å². The van der Waals surface area contributed by atoms with Gasteiger partial charge in [-0.3, -0.25) is 4.79 Å². The number of nitrogens with one attached hydrogen (secondary N) is 1. The highest BCUT2D eigenvalue weighted by atomic mass is 32.2. The van der Waals surface area contributed by atoms with Gasteiger partial charge in [-0.15, -0.1) is 0 Å². The third-order valence-electron chi connectivity index (χ3n) is 3.85. The number of hydrogen-bond donors (Lipinski definition) is 2. The van der Waals surface area contributed by atoms with Crippen LogP contribution in [0, 0.1) is 0 Å². The molecular formula is C20H31FN2O4S. The van der Waals surface area contributed by atoms with E-state index in [0.717, 1.165) is 0 Å². The average Bonchev–Trinajstić information content (AvgIpc) is 2.61. The standard InChI is InChI=1S/C20H31FN2O4S/c1-20(2,3)23-19(24)7-5-4-6-12-28(25,26)18-10-8-17(9-11-18)27-15-16(13-21)14-22/h8-11,13H,4-7,12,14-15,22H2,1-3H3,(H,23,24)/b16-13+. The molecule has 3 N–H and O–H groups in total. The fourth-order valence-corrected chi connectivity index (χ4v) is 3.78. The smallest absolute Gasteiger partial charge is 0.220 e. The molecule has 0 radical (unpaired) electrons. The van der Waals surface area contributed by atoms with Crippen molar-refractivity contribution in [2.24, 2.45) is 5.73 Å². The van der Waals surface area contributed by atoms with Crippen molar-refractivity contribution in [2.75, 3.05) is 18.9 Å². The zero-order chi connectivity index (χ0) is 21.2. The second-order valence-corrected chi connectivity index (χ2v) is 9.77. The average molecular weight is 415 g/mol. The van der Waals surface area contributed by atoms with Gasteiger partial charge in [-0.2, -0.15) is 0 Å². The van der Waals surface area contributed by atoms with E-state index in [1.54, 1.807) is 0 Å². The van der Waals surface area contributed by atoms with E-state index in [0.29, 0.717) is 43.3 Å². The summed E-state index contributed by atoms with van der Waals surface area (Å²) in [6, 6.07) is 6.03. The van der Waals surface area contributed by atoms with E-state index in [1.807, 2.05) is 20.8 Å². The minimum Gasteiger partial charge on any atom is -0.489 e. The van der Waals surface area contributed by atoms with E-state index >= 15 is 0 Å². The minimum atomic E-state index is -3.39. The normalized spacial score (nSPS) is 12.7. The predicted molar refractivity (Wildman–Crippen MR) is 109 cm³/mol. The monoisotopic (exact) mass is 414 g/mol. The van der Waals surface area contributed by atoms with E-state index in [4.69, 9.17) is 10.5 Å². The molecule has 0 fully saturated rings. The van der Waals surface area contributed by atoms with Crippen LogP contribution in [0.15, 0.2) is 41.1 Å². The molecule has 0 saturated heterocycles. The Morgan fingerprint density at radius 3 is 2.36 bits per heavy atom. The summed E-state index contributed by atoms with van der Waals surface area (Å²) in [7, 11) is -3.39. The maximum absolute atomic E-state index is 12.4. The van der Waals surface area contributed by atoms with Crippen LogP contribution in [0.3, 0.4) is 0 Å². The molecule has 0 atom stereocenters. The molecule has 0 unspecified atom stereocenters. The Balaban J connectivity index is 2.43. The SMILES string of the molecule is CC(C)(C)NC(=O)CCCCCS(=O)(=O)c1ccc(OC/C(=C/F)CN)cc1. The van der Waals surface area contributed by atoms with Gasteiger partial charge in [0.15, 0.2) is 9.84 Å². The number of sulfone groups is 1. The molecule has 0 saturated carbocycles. The molecule has 1 aromatic carbocycles. The summed E-state index contributed by atoms with van der Waals surface area (Å²) in [6.45, 7) is 5.83. The number of carbonyl (C=O) groups excluding carboxylic acids is 1. The lowest BCUT2D eigenvalue weighted by molar-refractivity contribution is -0.122. The molecule has 0 bridgehead atoms. The van der Waals surface area contributed by atoms with Crippen LogP contribution in [0.1, 0.15) is 46.5 Å². The number of ether oxygens (including phenoxy) is 1. The van der Waals surface area contributed by atoms with Crippen LogP contribution in [0.2, 0.25) is 0 Å². The Kier molecular flexibility index (Phi) is 9.61. The van der Waals surface area contributed by atoms with Crippen molar-refractivity contribution in [1.82, 2.24) is 5.32 Å². The number of carbonyl (C=O) groups is 1. The highest BCUT2D eigenvalue weighted by Crippen LogP contribution is 2.19. The van der Waals surface area contributed by atoms with Gasteiger partial charge in [0.1, 0.15) is 12.4 Å². The number of halogens is 1. The Morgan fingerprint density at radius 2 is 1.82 bits per heavy atom. The molecule has 6 nitrogen and oxygen atoms in total. The molecule has 0 aliphatic heterocycles. The van der Waals surface area contributed by atoms with Crippen LogP contribution in [0.25, 0.3) is 0 Å². The van der Waals surface area contributed by atoms with Gasteiger partial charge in [0.25, 0.3) is 0 Å². The number of hydrogen-bond acceptors (Lipinski definition) is 5. The van der Waals surface area contributed by atoms with Gasteiger partial charge in [-0.25, -0.2) is 12.8 Å². The first-order valence-corrected chi connectivity index (χ1v) is 11.0. The van der Waals surface area contributed by atoms with Crippen LogP contribution < -0.4 is 15.8 Å². The quantitative estimate of drug-likeness (QED) is 0.542. The summed E-state index contributed by atoms with van der Waals surface area (Å²) in [6.07, 6.45) is 2.60. The summed E-state index contributed by atoms with van der Waals surface area (Å²) < 4.78 is 42.6. The molecule has 1 rings (SSSR count). The van der Waals surface area contributed by atoms with Crippen molar-refractivity contribution in [3.05, 3.63) is 36.2 Å². The molecule has 158 valence electrons. The predicted octanol–water partition coefficient (Wildman–Crippen LogP) is 3.13. The third-order valence-corrected chi connectivity index (χ3v) is 5.67. The lowest BCUT2D eigenvalue weighted by atomic mass is 10.1. The second-order valence-electron chi connectivity index (χ2n) is 7.66. The summed E-state index contributed by atoms with van der Waals surface area (Å²) in [4.78, 5) is 11.9. The van der Waals surface area contributed by atoms with Crippen molar-refractivity contribution in [2.45, 2.75) is 56.9 Å². The zero-order valence-electron chi connectivity index (χ0n) is 16.8. The number of nitrogens with two attached hydrogens (primary N) is 1. The molecule has 28 heavy (non-hydrogen) atoms. The molecule has 1 aromatic rings. The summed E-state index contributed by atoms with van der Waals surface area (Å²) >= 11 is 0. The molecule has 0 spiro atoms. The second kappa shape index (κ2) is 11.2. The zero-order valence-corrected chi connectivity index (χ0v) is 17.6. The lowest BCUT2D eigenvalue weighted by Gasteiger charge is -2.20. The van der Waals surface area contributed by atoms with E-state index in [1.165, 1.54) is 24.3 Å². The number of unbranched alkanes of at least 4 members (excludes halogenated alkanes) is 2. The Hall–Kier alpha value is -1.93. The van der Waals surface area contributed by atoms with E-state index < -0.39 is 9.84 Å². The Morgan fingerprint density at radius 1 is 1.18 bits per heavy atom. The molecular weight excluding hydrogens is 383 g/mol. The highest BCUT2D eigenvalue weighted by molar-refractivity contribution is 7.91. The first-order chi connectivity index (χ1) is 13.1. The van der Waals surface area contributed by atoms with Crippen molar-refractivity contribution in [1.29, 1.82) is 0 Å². The van der Waals surface area contributed by atoms with Gasteiger partial charge < -0.3 is 15.8 Å². The fourth-order valence-electron chi connectivity index (χ4n) is 2.41. The number of rotatable bonds is 11. The number of benzene rings is 1.